The molecular formula is C13H28N2O. The maximum Gasteiger partial charge on any atom is 0.0639 e. The van der Waals surface area contributed by atoms with Crippen molar-refractivity contribution in [3.8, 4) is 0 Å². The predicted molar refractivity (Wildman–Crippen MR) is 68.0 cm³/mol. The van der Waals surface area contributed by atoms with Gasteiger partial charge in [0, 0.05) is 6.04 Å². The van der Waals surface area contributed by atoms with Crippen LogP contribution in [-0.2, 0) is 4.74 Å². The largest absolute Gasteiger partial charge is 0.377 e. The van der Waals surface area contributed by atoms with Crippen molar-refractivity contribution in [1.29, 1.82) is 0 Å². The summed E-state index contributed by atoms with van der Waals surface area (Å²) in [5, 5.41) is 0. The van der Waals surface area contributed by atoms with Gasteiger partial charge in [-0.15, -0.1) is 0 Å². The molecule has 1 rings (SSSR count). The lowest BCUT2D eigenvalue weighted by atomic mass is 9.86. The molecule has 1 fully saturated rings. The van der Waals surface area contributed by atoms with Crippen molar-refractivity contribution in [3.63, 3.8) is 0 Å². The van der Waals surface area contributed by atoms with E-state index in [2.05, 4.69) is 19.3 Å². The zero-order valence-electron chi connectivity index (χ0n) is 10.9. The minimum Gasteiger partial charge on any atom is -0.377 e. The number of rotatable bonds is 5. The molecule has 0 spiro atoms. The van der Waals surface area contributed by atoms with Crippen LogP contribution in [0.3, 0.4) is 0 Å². The molecule has 0 radical (unpaired) electrons. The van der Waals surface area contributed by atoms with E-state index in [1.165, 1.54) is 44.9 Å². The fraction of sp³-hybridized carbons (Fsp3) is 1.00. The normalized spacial score (nSPS) is 21.8. The smallest absolute Gasteiger partial charge is 0.0639 e. The van der Waals surface area contributed by atoms with Crippen molar-refractivity contribution in [1.82, 2.24) is 5.43 Å². The Morgan fingerprint density at radius 3 is 2.19 bits per heavy atom. The quantitative estimate of drug-likeness (QED) is 0.561. The number of hydrogen-bond acceptors (Lipinski definition) is 3. The summed E-state index contributed by atoms with van der Waals surface area (Å²) >= 11 is 0. The Morgan fingerprint density at radius 2 is 1.69 bits per heavy atom. The van der Waals surface area contributed by atoms with Gasteiger partial charge < -0.3 is 4.74 Å². The molecule has 1 unspecified atom stereocenters. The number of nitrogens with one attached hydrogen (secondary N) is 1. The highest BCUT2D eigenvalue weighted by molar-refractivity contribution is 4.76. The Balaban J connectivity index is 2.35. The summed E-state index contributed by atoms with van der Waals surface area (Å²) in [6.07, 6.45) is 9.79. The molecule has 3 heteroatoms. The van der Waals surface area contributed by atoms with E-state index in [1.807, 2.05) is 0 Å². The van der Waals surface area contributed by atoms with Crippen molar-refractivity contribution < 1.29 is 4.74 Å². The lowest BCUT2D eigenvalue weighted by molar-refractivity contribution is 0.0445. The van der Waals surface area contributed by atoms with E-state index in [1.54, 1.807) is 0 Å². The van der Waals surface area contributed by atoms with Crippen molar-refractivity contribution in [2.24, 2.45) is 11.8 Å². The molecular weight excluding hydrogens is 200 g/mol. The zero-order valence-corrected chi connectivity index (χ0v) is 10.9. The maximum atomic E-state index is 5.68. The highest BCUT2D eigenvalue weighted by atomic mass is 16.5. The summed E-state index contributed by atoms with van der Waals surface area (Å²) < 4.78 is 5.68. The van der Waals surface area contributed by atoms with Crippen molar-refractivity contribution in [3.05, 3.63) is 0 Å². The standard InChI is InChI=1S/C13H28N2O/c1-11(2)16-10-13(15-14)12-8-6-4-3-5-7-9-12/h11-13,15H,3-10,14H2,1-2H3. The summed E-state index contributed by atoms with van der Waals surface area (Å²) in [5.41, 5.74) is 2.95. The van der Waals surface area contributed by atoms with Gasteiger partial charge in [-0.1, -0.05) is 32.1 Å². The Bertz CT molecular complexity index is 165. The maximum absolute atomic E-state index is 5.68. The molecule has 1 aliphatic carbocycles. The van der Waals surface area contributed by atoms with E-state index >= 15 is 0 Å². The van der Waals surface area contributed by atoms with Crippen LogP contribution in [0.5, 0.6) is 0 Å². The van der Waals surface area contributed by atoms with Crippen molar-refractivity contribution in [2.45, 2.75) is 70.9 Å². The van der Waals surface area contributed by atoms with Gasteiger partial charge >= 0.3 is 0 Å². The van der Waals surface area contributed by atoms with E-state index < -0.39 is 0 Å². The third-order valence-corrected chi connectivity index (χ3v) is 3.54. The summed E-state index contributed by atoms with van der Waals surface area (Å²) in [6.45, 7) is 4.90. The topological polar surface area (TPSA) is 47.3 Å². The average molecular weight is 228 g/mol. The van der Waals surface area contributed by atoms with Gasteiger partial charge in [0.05, 0.1) is 12.7 Å². The van der Waals surface area contributed by atoms with Gasteiger partial charge in [0.2, 0.25) is 0 Å². The molecule has 0 aromatic rings. The highest BCUT2D eigenvalue weighted by Gasteiger charge is 2.21. The van der Waals surface area contributed by atoms with Gasteiger partial charge in [0.1, 0.15) is 0 Å². The van der Waals surface area contributed by atoms with Gasteiger partial charge in [-0.2, -0.15) is 0 Å². The molecule has 0 saturated heterocycles. The second kappa shape index (κ2) is 8.04. The van der Waals surface area contributed by atoms with Crippen molar-refractivity contribution >= 4 is 0 Å². The molecule has 0 aromatic carbocycles. The number of ether oxygens (including phenoxy) is 1. The van der Waals surface area contributed by atoms with E-state index in [0.29, 0.717) is 18.1 Å². The van der Waals surface area contributed by atoms with E-state index in [0.717, 1.165) is 6.61 Å². The fourth-order valence-electron chi connectivity index (χ4n) is 2.51. The van der Waals surface area contributed by atoms with Gasteiger partial charge in [-0.05, 0) is 32.6 Å². The lowest BCUT2D eigenvalue weighted by Crippen LogP contribution is -2.44. The predicted octanol–water partition coefficient (Wildman–Crippen LogP) is 2.60. The first-order chi connectivity index (χ1) is 7.74. The van der Waals surface area contributed by atoms with Crippen LogP contribution in [0.1, 0.15) is 58.8 Å². The van der Waals surface area contributed by atoms with Crippen LogP contribution in [0.25, 0.3) is 0 Å². The molecule has 0 aliphatic heterocycles. The molecule has 0 amide bonds. The van der Waals surface area contributed by atoms with E-state index in [4.69, 9.17) is 10.6 Å². The monoisotopic (exact) mass is 228 g/mol. The third kappa shape index (κ3) is 5.28. The molecule has 16 heavy (non-hydrogen) atoms. The SMILES string of the molecule is CC(C)OCC(NN)C1CCCCCCC1. The van der Waals surface area contributed by atoms with Gasteiger partial charge in [0.25, 0.3) is 0 Å². The van der Waals surface area contributed by atoms with Crippen LogP contribution in [0.2, 0.25) is 0 Å². The van der Waals surface area contributed by atoms with Crippen LogP contribution in [-0.4, -0.2) is 18.8 Å². The third-order valence-electron chi connectivity index (χ3n) is 3.54. The van der Waals surface area contributed by atoms with Crippen molar-refractivity contribution in [2.75, 3.05) is 6.61 Å². The number of nitrogens with two attached hydrogens (primary N) is 1. The first-order valence-electron chi connectivity index (χ1n) is 6.81. The second-order valence-corrected chi connectivity index (χ2v) is 5.26. The molecule has 1 saturated carbocycles. The molecule has 0 heterocycles. The molecule has 1 atom stereocenters. The number of hydrogen-bond donors (Lipinski definition) is 2. The molecule has 96 valence electrons. The van der Waals surface area contributed by atoms with Crippen LogP contribution in [0.15, 0.2) is 0 Å². The van der Waals surface area contributed by atoms with Gasteiger partial charge in [-0.25, -0.2) is 0 Å². The van der Waals surface area contributed by atoms with Crippen LogP contribution >= 0.6 is 0 Å². The Hall–Kier alpha value is -0.120. The number of hydrazine groups is 1. The molecule has 0 bridgehead atoms. The summed E-state index contributed by atoms with van der Waals surface area (Å²) in [4.78, 5) is 0. The lowest BCUT2D eigenvalue weighted by Gasteiger charge is -2.28. The first kappa shape index (κ1) is 13.9. The minimum absolute atomic E-state index is 0.296. The fourth-order valence-corrected chi connectivity index (χ4v) is 2.51. The van der Waals surface area contributed by atoms with E-state index in [-0.39, 0.29) is 0 Å². The van der Waals surface area contributed by atoms with Crippen LogP contribution in [0, 0.1) is 5.92 Å². The Labute approximate surface area is 100 Å². The average Bonchev–Trinajstić information content (AvgIpc) is 2.20. The molecule has 3 nitrogen and oxygen atoms in total. The first-order valence-corrected chi connectivity index (χ1v) is 6.81. The molecule has 1 aliphatic rings. The zero-order chi connectivity index (χ0) is 11.8. The second-order valence-electron chi connectivity index (χ2n) is 5.26. The summed E-state index contributed by atoms with van der Waals surface area (Å²) in [5.74, 6) is 6.35. The van der Waals surface area contributed by atoms with Crippen LogP contribution < -0.4 is 11.3 Å². The van der Waals surface area contributed by atoms with Gasteiger partial charge in [0.15, 0.2) is 0 Å². The van der Waals surface area contributed by atoms with Crippen LogP contribution in [0.4, 0.5) is 0 Å². The molecule has 3 N–H and O–H groups in total. The minimum atomic E-state index is 0.296. The van der Waals surface area contributed by atoms with Gasteiger partial charge in [-0.3, -0.25) is 11.3 Å². The Kier molecular flexibility index (Phi) is 7.01. The summed E-state index contributed by atoms with van der Waals surface area (Å²) in [7, 11) is 0. The Morgan fingerprint density at radius 1 is 1.12 bits per heavy atom. The summed E-state index contributed by atoms with van der Waals surface area (Å²) in [6, 6.07) is 0.334. The molecule has 0 aromatic heterocycles. The highest BCUT2D eigenvalue weighted by Crippen LogP contribution is 2.25. The van der Waals surface area contributed by atoms with E-state index in [9.17, 15) is 0 Å².